The van der Waals surface area contributed by atoms with Crippen LogP contribution in [0.2, 0.25) is 0 Å². The summed E-state index contributed by atoms with van der Waals surface area (Å²) in [5, 5.41) is 6.84. The van der Waals surface area contributed by atoms with Crippen molar-refractivity contribution >= 4 is 17.6 Å². The van der Waals surface area contributed by atoms with Crippen molar-refractivity contribution in [2.45, 2.75) is 38.0 Å². The highest BCUT2D eigenvalue weighted by atomic mass is 32.1. The summed E-state index contributed by atoms with van der Waals surface area (Å²) >= 11 is 1.60. The van der Waals surface area contributed by atoms with Crippen molar-refractivity contribution in [1.82, 2.24) is 9.66 Å². The van der Waals surface area contributed by atoms with E-state index < -0.39 is 0 Å². The van der Waals surface area contributed by atoms with E-state index in [1.807, 2.05) is 23.0 Å². The minimum absolute atomic E-state index is 0.572. The number of pyridine rings is 1. The largest absolute Gasteiger partial charge is 0.264 e. The Hall–Kier alpha value is -2.79. The van der Waals surface area contributed by atoms with Crippen LogP contribution in [0, 0.1) is 0 Å². The van der Waals surface area contributed by atoms with Gasteiger partial charge in [0, 0.05) is 28.9 Å². The molecular formula is C24H26N4S. The van der Waals surface area contributed by atoms with Crippen molar-refractivity contribution in [1.29, 1.82) is 0 Å². The van der Waals surface area contributed by atoms with E-state index in [9.17, 15) is 0 Å². The first-order chi connectivity index (χ1) is 14.3. The standard InChI is InChI=1S/C24H26N4S/c1-2-14-26-24-28(27-17-19-7-6-15-25-16-19)23(18-29-24)22-12-10-21(11-13-22)20-8-4-3-5-9-20/h2,6-7,10-13,15-18,20H,1,3-5,8-9,14H2. The van der Waals surface area contributed by atoms with Gasteiger partial charge >= 0.3 is 0 Å². The van der Waals surface area contributed by atoms with Crippen LogP contribution < -0.4 is 4.80 Å². The van der Waals surface area contributed by atoms with Gasteiger partial charge in [-0.3, -0.25) is 9.98 Å². The van der Waals surface area contributed by atoms with Crippen LogP contribution in [0.25, 0.3) is 11.3 Å². The fraction of sp³-hybridized carbons (Fsp3) is 0.292. The van der Waals surface area contributed by atoms with E-state index >= 15 is 0 Å². The molecule has 0 N–H and O–H groups in total. The molecule has 0 unspecified atom stereocenters. The average Bonchev–Trinajstić information content (AvgIpc) is 3.20. The zero-order chi connectivity index (χ0) is 19.9. The summed E-state index contributed by atoms with van der Waals surface area (Å²) in [5.41, 5.74) is 4.63. The molecule has 1 aliphatic carbocycles. The Kier molecular flexibility index (Phi) is 6.47. The van der Waals surface area contributed by atoms with E-state index in [0.29, 0.717) is 12.5 Å². The summed E-state index contributed by atoms with van der Waals surface area (Å²) in [6, 6.07) is 12.9. The van der Waals surface area contributed by atoms with E-state index in [-0.39, 0.29) is 0 Å². The molecule has 0 radical (unpaired) electrons. The van der Waals surface area contributed by atoms with Crippen molar-refractivity contribution < 1.29 is 0 Å². The topological polar surface area (TPSA) is 42.5 Å². The molecule has 2 aromatic heterocycles. The third-order valence-electron chi connectivity index (χ3n) is 5.33. The minimum atomic E-state index is 0.572. The molecule has 29 heavy (non-hydrogen) atoms. The molecule has 0 atom stereocenters. The van der Waals surface area contributed by atoms with Crippen molar-refractivity contribution in [3.8, 4) is 11.3 Å². The lowest BCUT2D eigenvalue weighted by atomic mass is 9.84. The molecule has 0 saturated heterocycles. The number of rotatable bonds is 6. The van der Waals surface area contributed by atoms with Gasteiger partial charge in [0.05, 0.1) is 18.5 Å². The number of hydrogen-bond donors (Lipinski definition) is 0. The van der Waals surface area contributed by atoms with Gasteiger partial charge in [0.1, 0.15) is 0 Å². The number of thiazole rings is 1. The van der Waals surface area contributed by atoms with Gasteiger partial charge in [0.15, 0.2) is 0 Å². The lowest BCUT2D eigenvalue weighted by molar-refractivity contribution is 0.443. The smallest absolute Gasteiger partial charge is 0.206 e. The van der Waals surface area contributed by atoms with E-state index in [1.165, 1.54) is 37.7 Å². The minimum Gasteiger partial charge on any atom is -0.264 e. The Balaban J connectivity index is 1.67. The fourth-order valence-electron chi connectivity index (χ4n) is 3.80. The molecule has 1 aromatic carbocycles. The molecule has 0 amide bonds. The number of hydrogen-bond acceptors (Lipinski definition) is 4. The van der Waals surface area contributed by atoms with E-state index in [0.717, 1.165) is 21.6 Å². The fourth-order valence-corrected chi connectivity index (χ4v) is 4.65. The monoisotopic (exact) mass is 402 g/mol. The summed E-state index contributed by atoms with van der Waals surface area (Å²) in [7, 11) is 0. The summed E-state index contributed by atoms with van der Waals surface area (Å²) < 4.78 is 1.91. The summed E-state index contributed by atoms with van der Waals surface area (Å²) in [6.45, 7) is 4.35. The van der Waals surface area contributed by atoms with E-state index in [1.54, 1.807) is 29.8 Å². The van der Waals surface area contributed by atoms with Crippen molar-refractivity contribution in [2.24, 2.45) is 10.1 Å². The van der Waals surface area contributed by atoms with Gasteiger partial charge in [0.25, 0.3) is 0 Å². The highest BCUT2D eigenvalue weighted by Gasteiger charge is 2.16. The highest BCUT2D eigenvalue weighted by molar-refractivity contribution is 7.07. The SMILES string of the molecule is C=CCN=c1scc(-c2ccc(C3CCCCC3)cc2)n1N=Cc1cccnc1. The zero-order valence-electron chi connectivity index (χ0n) is 16.6. The lowest BCUT2D eigenvalue weighted by Gasteiger charge is -2.22. The molecule has 1 aliphatic rings. The van der Waals surface area contributed by atoms with Crippen molar-refractivity contribution in [3.63, 3.8) is 0 Å². The Morgan fingerprint density at radius 2 is 1.97 bits per heavy atom. The maximum atomic E-state index is 4.71. The van der Waals surface area contributed by atoms with Gasteiger partial charge in [-0.05, 0) is 30.4 Å². The molecule has 5 heteroatoms. The summed E-state index contributed by atoms with van der Waals surface area (Å²) in [6.07, 6.45) is 13.9. The second-order valence-electron chi connectivity index (χ2n) is 7.33. The van der Waals surface area contributed by atoms with Gasteiger partial charge in [-0.15, -0.1) is 17.9 Å². The molecule has 2 heterocycles. The highest BCUT2D eigenvalue weighted by Crippen LogP contribution is 2.33. The van der Waals surface area contributed by atoms with Crippen LogP contribution in [0.15, 0.2) is 76.9 Å². The first kappa shape index (κ1) is 19.5. The zero-order valence-corrected chi connectivity index (χ0v) is 17.4. The van der Waals surface area contributed by atoms with Crippen LogP contribution >= 0.6 is 11.3 Å². The Morgan fingerprint density at radius 1 is 1.14 bits per heavy atom. The molecule has 4 rings (SSSR count). The normalized spacial score (nSPS) is 15.8. The Bertz CT molecular complexity index is 1020. The van der Waals surface area contributed by atoms with Crippen molar-refractivity contribution in [3.05, 3.63) is 82.8 Å². The first-order valence-electron chi connectivity index (χ1n) is 10.2. The molecule has 4 nitrogen and oxygen atoms in total. The van der Waals surface area contributed by atoms with E-state index in [4.69, 9.17) is 5.10 Å². The van der Waals surface area contributed by atoms with Gasteiger partial charge in [-0.1, -0.05) is 55.7 Å². The maximum absolute atomic E-state index is 4.71. The summed E-state index contributed by atoms with van der Waals surface area (Å²) in [4.78, 5) is 9.62. The average molecular weight is 403 g/mol. The molecule has 148 valence electrons. The van der Waals surface area contributed by atoms with Gasteiger partial charge in [0.2, 0.25) is 4.80 Å². The van der Waals surface area contributed by atoms with Crippen molar-refractivity contribution in [2.75, 3.05) is 6.54 Å². The van der Waals surface area contributed by atoms with Crippen LogP contribution in [-0.2, 0) is 0 Å². The predicted octanol–water partition coefficient (Wildman–Crippen LogP) is 5.63. The number of nitrogens with zero attached hydrogens (tertiary/aromatic N) is 4. The quantitative estimate of drug-likeness (QED) is 0.389. The molecule has 1 fully saturated rings. The maximum Gasteiger partial charge on any atom is 0.206 e. The molecule has 0 aliphatic heterocycles. The first-order valence-corrected chi connectivity index (χ1v) is 11.1. The van der Waals surface area contributed by atoms with Crippen LogP contribution in [0.5, 0.6) is 0 Å². The number of aromatic nitrogens is 2. The van der Waals surface area contributed by atoms with Gasteiger partial charge < -0.3 is 0 Å². The lowest BCUT2D eigenvalue weighted by Crippen LogP contribution is -2.12. The van der Waals surface area contributed by atoms with Crippen LogP contribution in [0.4, 0.5) is 0 Å². The molecular weight excluding hydrogens is 376 g/mol. The Labute approximate surface area is 176 Å². The van der Waals surface area contributed by atoms with Gasteiger partial charge in [-0.2, -0.15) is 5.10 Å². The molecule has 3 aromatic rings. The van der Waals surface area contributed by atoms with Gasteiger partial charge in [-0.25, -0.2) is 4.68 Å². The van der Waals surface area contributed by atoms with Crippen LogP contribution in [0.3, 0.4) is 0 Å². The third-order valence-corrected chi connectivity index (χ3v) is 6.18. The van der Waals surface area contributed by atoms with E-state index in [2.05, 4.69) is 46.2 Å². The Morgan fingerprint density at radius 3 is 2.69 bits per heavy atom. The second-order valence-corrected chi connectivity index (χ2v) is 8.17. The molecule has 0 bridgehead atoms. The summed E-state index contributed by atoms with van der Waals surface area (Å²) in [5.74, 6) is 0.717. The van der Waals surface area contributed by atoms with Crippen LogP contribution in [-0.4, -0.2) is 22.4 Å². The van der Waals surface area contributed by atoms with Crippen LogP contribution in [0.1, 0.15) is 49.1 Å². The molecule has 1 saturated carbocycles. The third kappa shape index (κ3) is 4.80. The second kappa shape index (κ2) is 9.61. The predicted molar refractivity (Wildman–Crippen MR) is 121 cm³/mol. The number of benzene rings is 1. The molecule has 0 spiro atoms.